The van der Waals surface area contributed by atoms with Crippen molar-refractivity contribution in [2.45, 2.75) is 77.9 Å². The molecule has 0 radical (unpaired) electrons. The lowest BCUT2D eigenvalue weighted by molar-refractivity contribution is -0.146. The third-order valence-electron chi connectivity index (χ3n) is 2.65. The Morgan fingerprint density at radius 3 is 2.00 bits per heavy atom. The molecule has 0 aliphatic carbocycles. The third-order valence-corrected chi connectivity index (χ3v) is 2.65. The number of amides is 1. The standard InChI is InChI=1S/C15H30N2O5/c1-9(22-15(5,6)7)11(16)12(18)17-10(13(19)20)8-21-14(2,3)4/h9-11H,8,16H2,1-7H3,(H,17,18)(H,19,20)/t9-,10+,11+/m1/s1. The highest BCUT2D eigenvalue weighted by Gasteiger charge is 2.30. The highest BCUT2D eigenvalue weighted by Crippen LogP contribution is 2.12. The van der Waals surface area contributed by atoms with Crippen molar-refractivity contribution in [2.75, 3.05) is 6.61 Å². The Labute approximate surface area is 132 Å². The molecule has 0 aliphatic heterocycles. The van der Waals surface area contributed by atoms with Crippen LogP contribution in [0, 0.1) is 0 Å². The van der Waals surface area contributed by atoms with Crippen LogP contribution in [0.15, 0.2) is 0 Å². The number of aliphatic carboxylic acids is 1. The molecule has 4 N–H and O–H groups in total. The predicted octanol–water partition coefficient (Wildman–Crippen LogP) is 0.902. The smallest absolute Gasteiger partial charge is 0.328 e. The van der Waals surface area contributed by atoms with Crippen molar-refractivity contribution in [3.63, 3.8) is 0 Å². The molecule has 7 heteroatoms. The Hall–Kier alpha value is -1.18. The van der Waals surface area contributed by atoms with Gasteiger partial charge in [0.2, 0.25) is 5.91 Å². The normalized spacial score (nSPS) is 16.7. The number of hydrogen-bond donors (Lipinski definition) is 3. The summed E-state index contributed by atoms with van der Waals surface area (Å²) in [6.07, 6.45) is -0.544. The highest BCUT2D eigenvalue weighted by atomic mass is 16.5. The quantitative estimate of drug-likeness (QED) is 0.643. The fraction of sp³-hybridized carbons (Fsp3) is 0.867. The molecule has 0 saturated carbocycles. The highest BCUT2D eigenvalue weighted by molar-refractivity contribution is 5.87. The molecule has 1 amide bonds. The number of carbonyl (C=O) groups excluding carboxylic acids is 1. The zero-order chi connectivity index (χ0) is 17.7. The van der Waals surface area contributed by atoms with Gasteiger partial charge in [-0.15, -0.1) is 0 Å². The summed E-state index contributed by atoms with van der Waals surface area (Å²) in [5, 5.41) is 11.5. The van der Waals surface area contributed by atoms with E-state index in [9.17, 15) is 9.59 Å². The summed E-state index contributed by atoms with van der Waals surface area (Å²) in [4.78, 5) is 23.3. The monoisotopic (exact) mass is 318 g/mol. The van der Waals surface area contributed by atoms with E-state index < -0.39 is 41.3 Å². The summed E-state index contributed by atoms with van der Waals surface area (Å²) < 4.78 is 11.0. The molecule has 0 heterocycles. The molecule has 0 bridgehead atoms. The van der Waals surface area contributed by atoms with Crippen LogP contribution in [0.25, 0.3) is 0 Å². The van der Waals surface area contributed by atoms with Crippen LogP contribution in [0.5, 0.6) is 0 Å². The van der Waals surface area contributed by atoms with Gasteiger partial charge >= 0.3 is 5.97 Å². The van der Waals surface area contributed by atoms with Crippen molar-refractivity contribution in [1.82, 2.24) is 5.32 Å². The summed E-state index contributed by atoms with van der Waals surface area (Å²) in [5.74, 6) is -1.75. The van der Waals surface area contributed by atoms with E-state index in [1.54, 1.807) is 27.7 Å². The van der Waals surface area contributed by atoms with E-state index in [4.69, 9.17) is 20.3 Å². The Kier molecular flexibility index (Phi) is 7.47. The molecule has 130 valence electrons. The fourth-order valence-electron chi connectivity index (χ4n) is 1.62. The number of carboxylic acid groups (broad SMARTS) is 1. The van der Waals surface area contributed by atoms with Crippen LogP contribution < -0.4 is 11.1 Å². The van der Waals surface area contributed by atoms with Crippen LogP contribution in [0.2, 0.25) is 0 Å². The number of nitrogens with two attached hydrogens (primary N) is 1. The van der Waals surface area contributed by atoms with Gasteiger partial charge in [-0.25, -0.2) is 4.79 Å². The number of carboxylic acids is 1. The van der Waals surface area contributed by atoms with Crippen LogP contribution in [0.1, 0.15) is 48.5 Å². The largest absolute Gasteiger partial charge is 0.480 e. The fourth-order valence-corrected chi connectivity index (χ4v) is 1.62. The van der Waals surface area contributed by atoms with E-state index in [0.29, 0.717) is 0 Å². The van der Waals surface area contributed by atoms with Gasteiger partial charge in [0.05, 0.1) is 23.9 Å². The van der Waals surface area contributed by atoms with Crippen LogP contribution in [-0.4, -0.2) is 53.0 Å². The van der Waals surface area contributed by atoms with Crippen molar-refractivity contribution < 1.29 is 24.2 Å². The molecule has 22 heavy (non-hydrogen) atoms. The molecular weight excluding hydrogens is 288 g/mol. The van der Waals surface area contributed by atoms with E-state index >= 15 is 0 Å². The molecule has 0 aromatic heterocycles. The van der Waals surface area contributed by atoms with Gasteiger partial charge in [-0.05, 0) is 48.5 Å². The Morgan fingerprint density at radius 2 is 1.64 bits per heavy atom. The van der Waals surface area contributed by atoms with Crippen LogP contribution in [-0.2, 0) is 19.1 Å². The van der Waals surface area contributed by atoms with Gasteiger partial charge in [0.1, 0.15) is 6.04 Å². The number of nitrogens with one attached hydrogen (secondary N) is 1. The maximum atomic E-state index is 12.1. The molecular formula is C15H30N2O5. The number of hydrogen-bond acceptors (Lipinski definition) is 5. The SMILES string of the molecule is C[C@@H](OC(C)(C)C)[C@H](N)C(=O)N[C@@H](COC(C)(C)C)C(=O)O. The summed E-state index contributed by atoms with van der Waals surface area (Å²) >= 11 is 0. The second-order valence-electron chi connectivity index (χ2n) is 7.28. The molecule has 3 atom stereocenters. The molecule has 0 rings (SSSR count). The predicted molar refractivity (Wildman–Crippen MR) is 83.5 cm³/mol. The summed E-state index contributed by atoms with van der Waals surface area (Å²) in [6, 6.07) is -2.12. The molecule has 0 aromatic rings. The first-order valence-corrected chi connectivity index (χ1v) is 7.33. The van der Waals surface area contributed by atoms with Gasteiger partial charge in [0, 0.05) is 0 Å². The maximum absolute atomic E-state index is 12.1. The molecule has 0 aromatic carbocycles. The van der Waals surface area contributed by atoms with Gasteiger partial charge in [-0.2, -0.15) is 0 Å². The Morgan fingerprint density at radius 1 is 1.14 bits per heavy atom. The van der Waals surface area contributed by atoms with Crippen LogP contribution in [0.3, 0.4) is 0 Å². The first-order valence-electron chi connectivity index (χ1n) is 7.33. The van der Waals surface area contributed by atoms with Crippen LogP contribution in [0.4, 0.5) is 0 Å². The second kappa shape index (κ2) is 7.89. The van der Waals surface area contributed by atoms with Gasteiger partial charge < -0.3 is 25.6 Å². The maximum Gasteiger partial charge on any atom is 0.328 e. The first kappa shape index (κ1) is 20.8. The summed E-state index contributed by atoms with van der Waals surface area (Å²) in [6.45, 7) is 12.5. The van der Waals surface area contributed by atoms with Crippen molar-refractivity contribution in [3.05, 3.63) is 0 Å². The first-order chi connectivity index (χ1) is 9.73. The van der Waals surface area contributed by atoms with Crippen LogP contribution >= 0.6 is 0 Å². The Balaban J connectivity index is 4.65. The van der Waals surface area contributed by atoms with E-state index in [1.165, 1.54) is 0 Å². The second-order valence-corrected chi connectivity index (χ2v) is 7.28. The van der Waals surface area contributed by atoms with Crippen molar-refractivity contribution in [2.24, 2.45) is 5.73 Å². The molecule has 0 aliphatic rings. The Bertz CT molecular complexity index is 384. The lowest BCUT2D eigenvalue weighted by Gasteiger charge is -2.29. The van der Waals surface area contributed by atoms with Crippen molar-refractivity contribution in [1.29, 1.82) is 0 Å². The summed E-state index contributed by atoms with van der Waals surface area (Å²) in [7, 11) is 0. The van der Waals surface area contributed by atoms with E-state index in [1.807, 2.05) is 20.8 Å². The zero-order valence-corrected chi connectivity index (χ0v) is 14.6. The molecule has 0 saturated heterocycles. The average molecular weight is 318 g/mol. The minimum Gasteiger partial charge on any atom is -0.480 e. The van der Waals surface area contributed by atoms with Crippen molar-refractivity contribution >= 4 is 11.9 Å². The lowest BCUT2D eigenvalue weighted by Crippen LogP contribution is -2.55. The molecule has 0 unspecified atom stereocenters. The van der Waals surface area contributed by atoms with E-state index in [-0.39, 0.29) is 6.61 Å². The third kappa shape index (κ3) is 8.96. The van der Waals surface area contributed by atoms with Gasteiger partial charge in [-0.3, -0.25) is 4.79 Å². The minimum absolute atomic E-state index is 0.133. The number of rotatable bonds is 7. The van der Waals surface area contributed by atoms with E-state index in [2.05, 4.69) is 5.32 Å². The van der Waals surface area contributed by atoms with Gasteiger partial charge in [0.15, 0.2) is 6.04 Å². The van der Waals surface area contributed by atoms with Crippen molar-refractivity contribution in [3.8, 4) is 0 Å². The van der Waals surface area contributed by atoms with Gasteiger partial charge in [0.25, 0.3) is 0 Å². The van der Waals surface area contributed by atoms with E-state index in [0.717, 1.165) is 0 Å². The zero-order valence-electron chi connectivity index (χ0n) is 14.6. The molecule has 7 nitrogen and oxygen atoms in total. The lowest BCUT2D eigenvalue weighted by atomic mass is 10.1. The number of ether oxygens (including phenoxy) is 2. The molecule has 0 spiro atoms. The van der Waals surface area contributed by atoms with Gasteiger partial charge in [-0.1, -0.05) is 0 Å². The number of carbonyl (C=O) groups is 2. The minimum atomic E-state index is -1.17. The average Bonchev–Trinajstić information content (AvgIpc) is 2.29. The summed E-state index contributed by atoms with van der Waals surface area (Å²) in [5.41, 5.74) is 4.89. The topological polar surface area (TPSA) is 111 Å². The molecule has 0 fully saturated rings.